The molecule has 1 rings (SSSR count). The number of halogens is 1. The molecule has 0 radical (unpaired) electrons. The van der Waals surface area contributed by atoms with Gasteiger partial charge in [-0.1, -0.05) is 13.0 Å². The van der Waals surface area contributed by atoms with Crippen LogP contribution in [0.3, 0.4) is 0 Å². The van der Waals surface area contributed by atoms with Crippen LogP contribution in [0.25, 0.3) is 0 Å². The average molecular weight is 336 g/mol. The molecule has 0 heterocycles. The van der Waals surface area contributed by atoms with Crippen LogP contribution in [0.1, 0.15) is 39.0 Å². The van der Waals surface area contributed by atoms with Gasteiger partial charge in [-0.05, 0) is 48.3 Å². The number of hydrogen-bond donors (Lipinski definition) is 0. The molecule has 3 nitrogen and oxygen atoms in total. The fourth-order valence-corrected chi connectivity index (χ4v) is 3.01. The monoisotopic (exact) mass is 336 g/mol. The van der Waals surface area contributed by atoms with Gasteiger partial charge in [-0.15, -0.1) is 0 Å². The molecule has 0 aromatic rings. The highest BCUT2D eigenvalue weighted by Crippen LogP contribution is 2.41. The number of carbonyl (C=O) groups excluding carboxylic acids is 2. The summed E-state index contributed by atoms with van der Waals surface area (Å²) in [5.74, 6) is -0.0315. The van der Waals surface area contributed by atoms with Crippen LogP contribution in [0, 0.1) is 5.41 Å². The molecule has 0 aliphatic heterocycles. The predicted molar refractivity (Wildman–Crippen MR) is 70.3 cm³/mol. The normalized spacial score (nSPS) is 25.2. The van der Waals surface area contributed by atoms with E-state index in [1.807, 2.05) is 13.0 Å². The molecule has 0 saturated heterocycles. The first kappa shape index (κ1) is 13.7. The molecule has 1 atom stereocenters. The zero-order valence-corrected chi connectivity index (χ0v) is 11.9. The van der Waals surface area contributed by atoms with E-state index in [1.165, 1.54) is 7.11 Å². The number of carbonyl (C=O) groups is 2. The molecule has 0 aromatic heterocycles. The second-order valence-corrected chi connectivity index (χ2v) is 5.29. The lowest BCUT2D eigenvalue weighted by molar-refractivity contribution is -0.141. The molecule has 0 bridgehead atoms. The third-order valence-corrected chi connectivity index (χ3v) is 4.29. The van der Waals surface area contributed by atoms with Crippen molar-refractivity contribution >= 4 is 34.3 Å². The predicted octanol–water partition coefficient (Wildman–Crippen LogP) is 3.02. The SMILES string of the molecule is CC[C@@]1(CCC(=O)OC)CCC=C(I)C1=O. The number of allylic oxidation sites excluding steroid dienone is 2. The minimum absolute atomic E-state index is 0.200. The molecule has 0 unspecified atom stereocenters. The largest absolute Gasteiger partial charge is 0.469 e. The molecule has 0 fully saturated rings. The van der Waals surface area contributed by atoms with Crippen molar-refractivity contribution in [1.29, 1.82) is 0 Å². The Morgan fingerprint density at radius 2 is 2.31 bits per heavy atom. The smallest absolute Gasteiger partial charge is 0.305 e. The molecule has 0 amide bonds. The number of rotatable bonds is 4. The van der Waals surface area contributed by atoms with E-state index in [9.17, 15) is 9.59 Å². The summed E-state index contributed by atoms with van der Waals surface area (Å²) in [5, 5.41) is 0. The Morgan fingerprint density at radius 1 is 1.62 bits per heavy atom. The van der Waals surface area contributed by atoms with Crippen LogP contribution in [0.15, 0.2) is 9.66 Å². The van der Waals surface area contributed by atoms with Crippen LogP contribution in [-0.4, -0.2) is 18.9 Å². The van der Waals surface area contributed by atoms with Gasteiger partial charge in [-0.2, -0.15) is 0 Å². The van der Waals surface area contributed by atoms with Gasteiger partial charge < -0.3 is 4.74 Å². The number of methoxy groups -OCH3 is 1. The van der Waals surface area contributed by atoms with Gasteiger partial charge in [-0.25, -0.2) is 0 Å². The van der Waals surface area contributed by atoms with Crippen LogP contribution in [-0.2, 0) is 14.3 Å². The number of ketones is 1. The highest BCUT2D eigenvalue weighted by Gasteiger charge is 2.39. The molecule has 1 aliphatic rings. The lowest BCUT2D eigenvalue weighted by atomic mass is 9.71. The standard InChI is InChI=1S/C12H17IO3/c1-3-12(8-6-10(14)16-2)7-4-5-9(13)11(12)15/h5H,3-4,6-8H2,1-2H3/t12-/m0/s1. The molecule has 0 N–H and O–H groups in total. The van der Waals surface area contributed by atoms with E-state index in [1.54, 1.807) is 0 Å². The lowest BCUT2D eigenvalue weighted by Crippen LogP contribution is -2.33. The fraction of sp³-hybridized carbons (Fsp3) is 0.667. The average Bonchev–Trinajstić information content (AvgIpc) is 2.31. The van der Waals surface area contributed by atoms with E-state index < -0.39 is 0 Å². The first-order valence-electron chi connectivity index (χ1n) is 5.53. The highest BCUT2D eigenvalue weighted by atomic mass is 127. The lowest BCUT2D eigenvalue weighted by Gasteiger charge is -2.33. The van der Waals surface area contributed by atoms with Crippen molar-refractivity contribution in [2.75, 3.05) is 7.11 Å². The fourth-order valence-electron chi connectivity index (χ4n) is 2.13. The summed E-state index contributed by atoms with van der Waals surface area (Å²) in [4.78, 5) is 23.3. The Kier molecular flexibility index (Phi) is 4.95. The molecule has 16 heavy (non-hydrogen) atoms. The van der Waals surface area contributed by atoms with Crippen molar-refractivity contribution in [3.63, 3.8) is 0 Å². The van der Waals surface area contributed by atoms with Gasteiger partial charge in [0.1, 0.15) is 0 Å². The summed E-state index contributed by atoms with van der Waals surface area (Å²) in [6.45, 7) is 2.02. The number of Topliss-reactive ketones (excluding diaryl/α,β-unsaturated/α-hetero) is 1. The maximum absolute atomic E-state index is 12.2. The molecule has 0 aromatic carbocycles. The second kappa shape index (κ2) is 5.80. The molecule has 90 valence electrons. The van der Waals surface area contributed by atoms with Gasteiger partial charge in [0.25, 0.3) is 0 Å². The van der Waals surface area contributed by atoms with Gasteiger partial charge in [0.05, 0.1) is 10.7 Å². The zero-order valence-electron chi connectivity index (χ0n) is 9.72. The van der Waals surface area contributed by atoms with E-state index in [-0.39, 0.29) is 17.2 Å². The van der Waals surface area contributed by atoms with Crippen molar-refractivity contribution in [2.24, 2.45) is 5.41 Å². The van der Waals surface area contributed by atoms with E-state index in [4.69, 9.17) is 0 Å². The van der Waals surface area contributed by atoms with Crippen LogP contribution in [0.5, 0.6) is 0 Å². The third-order valence-electron chi connectivity index (χ3n) is 3.36. The van der Waals surface area contributed by atoms with Crippen LogP contribution < -0.4 is 0 Å². The second-order valence-electron chi connectivity index (χ2n) is 4.13. The topological polar surface area (TPSA) is 43.4 Å². The Bertz CT molecular complexity index is 322. The first-order valence-corrected chi connectivity index (χ1v) is 6.61. The van der Waals surface area contributed by atoms with E-state index in [0.29, 0.717) is 12.8 Å². The van der Waals surface area contributed by atoms with Crippen LogP contribution in [0.4, 0.5) is 0 Å². The molecular formula is C12H17IO3. The molecule has 0 saturated carbocycles. The Hall–Kier alpha value is -0.390. The minimum Gasteiger partial charge on any atom is -0.469 e. The van der Waals surface area contributed by atoms with Crippen molar-refractivity contribution in [2.45, 2.75) is 39.0 Å². The molecule has 4 heteroatoms. The van der Waals surface area contributed by atoms with Crippen molar-refractivity contribution in [3.05, 3.63) is 9.66 Å². The third kappa shape index (κ3) is 2.84. The summed E-state index contributed by atoms with van der Waals surface area (Å²) in [7, 11) is 1.38. The summed E-state index contributed by atoms with van der Waals surface area (Å²) in [6.07, 6.45) is 5.50. The van der Waals surface area contributed by atoms with E-state index >= 15 is 0 Å². The van der Waals surface area contributed by atoms with Crippen molar-refractivity contribution in [3.8, 4) is 0 Å². The number of esters is 1. The van der Waals surface area contributed by atoms with Crippen LogP contribution in [0.2, 0.25) is 0 Å². The first-order chi connectivity index (χ1) is 7.55. The summed E-state index contributed by atoms with van der Waals surface area (Å²) < 4.78 is 5.44. The van der Waals surface area contributed by atoms with Gasteiger partial charge in [0, 0.05) is 11.8 Å². The summed E-state index contributed by atoms with van der Waals surface area (Å²) in [5.41, 5.74) is -0.334. The number of ether oxygens (including phenoxy) is 1. The molecular weight excluding hydrogens is 319 g/mol. The van der Waals surface area contributed by atoms with Crippen molar-refractivity contribution < 1.29 is 14.3 Å². The van der Waals surface area contributed by atoms with E-state index in [2.05, 4.69) is 27.3 Å². The molecule has 1 aliphatic carbocycles. The van der Waals surface area contributed by atoms with E-state index in [0.717, 1.165) is 22.8 Å². The highest BCUT2D eigenvalue weighted by molar-refractivity contribution is 14.1. The minimum atomic E-state index is -0.334. The Morgan fingerprint density at radius 3 is 2.88 bits per heavy atom. The Labute approximate surface area is 110 Å². The zero-order chi connectivity index (χ0) is 12.2. The van der Waals surface area contributed by atoms with Crippen molar-refractivity contribution in [1.82, 2.24) is 0 Å². The number of hydrogen-bond acceptors (Lipinski definition) is 3. The molecule has 0 spiro atoms. The summed E-state index contributed by atoms with van der Waals surface area (Å²) in [6, 6.07) is 0. The quantitative estimate of drug-likeness (QED) is 0.586. The summed E-state index contributed by atoms with van der Waals surface area (Å²) >= 11 is 2.09. The van der Waals surface area contributed by atoms with Gasteiger partial charge >= 0.3 is 5.97 Å². The Balaban J connectivity index is 2.74. The van der Waals surface area contributed by atoms with Gasteiger partial charge in [0.2, 0.25) is 0 Å². The van der Waals surface area contributed by atoms with Crippen LogP contribution >= 0.6 is 22.6 Å². The maximum Gasteiger partial charge on any atom is 0.305 e. The maximum atomic E-state index is 12.2. The van der Waals surface area contributed by atoms with Gasteiger partial charge in [-0.3, -0.25) is 9.59 Å². The van der Waals surface area contributed by atoms with Gasteiger partial charge in [0.15, 0.2) is 5.78 Å².